The van der Waals surface area contributed by atoms with E-state index in [4.69, 9.17) is 9.47 Å². The fraction of sp³-hybridized carbons (Fsp3) is 0.429. The standard InChI is InChI=1S/C21H25BrFNO2/c1-2-25-20-12-16(13-24-18-5-3-4-6-18)11-19(22)21(20)26-14-15-7-9-17(23)10-8-15/h7-12,18,24H,2-6,13-14H2,1H3. The Bertz CT molecular complexity index is 715. The molecule has 2 aromatic carbocycles. The van der Waals surface area contributed by atoms with Crippen LogP contribution in [0.2, 0.25) is 0 Å². The largest absolute Gasteiger partial charge is 0.490 e. The van der Waals surface area contributed by atoms with Crippen molar-refractivity contribution >= 4 is 15.9 Å². The van der Waals surface area contributed by atoms with Crippen LogP contribution in [-0.2, 0) is 13.2 Å². The molecular weight excluding hydrogens is 397 g/mol. The summed E-state index contributed by atoms with van der Waals surface area (Å²) in [5.41, 5.74) is 2.08. The quantitative estimate of drug-likeness (QED) is 0.601. The molecule has 0 unspecified atom stereocenters. The monoisotopic (exact) mass is 421 g/mol. The minimum atomic E-state index is -0.246. The van der Waals surface area contributed by atoms with Crippen molar-refractivity contribution in [1.29, 1.82) is 0 Å². The van der Waals surface area contributed by atoms with Crippen LogP contribution in [-0.4, -0.2) is 12.6 Å². The summed E-state index contributed by atoms with van der Waals surface area (Å²) in [7, 11) is 0. The topological polar surface area (TPSA) is 30.5 Å². The Morgan fingerprint density at radius 3 is 2.50 bits per heavy atom. The summed E-state index contributed by atoms with van der Waals surface area (Å²) in [6, 6.07) is 11.1. The lowest BCUT2D eigenvalue weighted by Gasteiger charge is -2.17. The molecule has 2 aromatic rings. The SMILES string of the molecule is CCOc1cc(CNC2CCCC2)cc(Br)c1OCc1ccc(F)cc1. The molecule has 0 radical (unpaired) electrons. The zero-order valence-electron chi connectivity index (χ0n) is 15.1. The zero-order valence-corrected chi connectivity index (χ0v) is 16.6. The van der Waals surface area contributed by atoms with Crippen LogP contribution in [0.4, 0.5) is 4.39 Å². The number of hydrogen-bond donors (Lipinski definition) is 1. The van der Waals surface area contributed by atoms with Crippen LogP contribution in [0.1, 0.15) is 43.7 Å². The maximum Gasteiger partial charge on any atom is 0.175 e. The van der Waals surface area contributed by atoms with E-state index in [9.17, 15) is 4.39 Å². The van der Waals surface area contributed by atoms with Gasteiger partial charge < -0.3 is 14.8 Å². The van der Waals surface area contributed by atoms with Gasteiger partial charge in [-0.05, 0) is 71.1 Å². The Kier molecular flexibility index (Phi) is 6.92. The Hall–Kier alpha value is -1.59. The highest BCUT2D eigenvalue weighted by Crippen LogP contribution is 2.37. The Morgan fingerprint density at radius 2 is 1.81 bits per heavy atom. The van der Waals surface area contributed by atoms with Crippen molar-refractivity contribution in [2.75, 3.05) is 6.61 Å². The fourth-order valence-corrected chi connectivity index (χ4v) is 3.86. The third kappa shape index (κ3) is 5.21. The summed E-state index contributed by atoms with van der Waals surface area (Å²) in [5, 5.41) is 3.62. The molecule has 0 bridgehead atoms. The Morgan fingerprint density at radius 1 is 1.08 bits per heavy atom. The highest BCUT2D eigenvalue weighted by atomic mass is 79.9. The molecule has 1 aliphatic carbocycles. The molecule has 0 heterocycles. The molecule has 1 fully saturated rings. The average molecular weight is 422 g/mol. The lowest BCUT2D eigenvalue weighted by atomic mass is 10.1. The molecule has 3 nitrogen and oxygen atoms in total. The van der Waals surface area contributed by atoms with E-state index in [1.54, 1.807) is 12.1 Å². The summed E-state index contributed by atoms with van der Waals surface area (Å²) >= 11 is 3.61. The van der Waals surface area contributed by atoms with E-state index in [1.807, 2.05) is 13.0 Å². The minimum absolute atomic E-state index is 0.246. The minimum Gasteiger partial charge on any atom is -0.490 e. The van der Waals surface area contributed by atoms with Crippen LogP contribution in [0.3, 0.4) is 0 Å². The summed E-state index contributed by atoms with van der Waals surface area (Å²) in [5.74, 6) is 1.16. The summed E-state index contributed by atoms with van der Waals surface area (Å²) < 4.78 is 25.7. The van der Waals surface area contributed by atoms with Crippen LogP contribution < -0.4 is 14.8 Å². The molecule has 140 valence electrons. The molecule has 26 heavy (non-hydrogen) atoms. The van der Waals surface area contributed by atoms with Crippen molar-refractivity contribution < 1.29 is 13.9 Å². The molecule has 3 rings (SSSR count). The average Bonchev–Trinajstić information content (AvgIpc) is 3.14. The van der Waals surface area contributed by atoms with Crippen molar-refractivity contribution in [2.24, 2.45) is 0 Å². The van der Waals surface area contributed by atoms with Crippen LogP contribution in [0.5, 0.6) is 11.5 Å². The molecule has 1 aliphatic rings. The second-order valence-corrected chi connectivity index (χ2v) is 7.47. The molecular formula is C21H25BrFNO2. The van der Waals surface area contributed by atoms with Crippen LogP contribution in [0.25, 0.3) is 0 Å². The van der Waals surface area contributed by atoms with Crippen LogP contribution >= 0.6 is 15.9 Å². The molecule has 0 amide bonds. The molecule has 0 aromatic heterocycles. The predicted octanol–water partition coefficient (Wildman–Crippen LogP) is 5.60. The number of benzene rings is 2. The molecule has 1 N–H and O–H groups in total. The van der Waals surface area contributed by atoms with Gasteiger partial charge in [0.25, 0.3) is 0 Å². The van der Waals surface area contributed by atoms with E-state index in [0.29, 0.717) is 25.0 Å². The maximum atomic E-state index is 13.0. The predicted molar refractivity (Wildman–Crippen MR) is 105 cm³/mol. The maximum absolute atomic E-state index is 13.0. The van der Waals surface area contributed by atoms with Gasteiger partial charge in [-0.3, -0.25) is 0 Å². The highest BCUT2D eigenvalue weighted by Gasteiger charge is 2.16. The van der Waals surface area contributed by atoms with Crippen molar-refractivity contribution in [3.63, 3.8) is 0 Å². The first-order chi connectivity index (χ1) is 12.7. The highest BCUT2D eigenvalue weighted by molar-refractivity contribution is 9.10. The third-order valence-electron chi connectivity index (χ3n) is 4.62. The molecule has 1 saturated carbocycles. The first kappa shape index (κ1) is 19.2. The number of halogens is 2. The molecule has 0 saturated heterocycles. The van der Waals surface area contributed by atoms with Gasteiger partial charge in [0.05, 0.1) is 11.1 Å². The first-order valence-electron chi connectivity index (χ1n) is 9.21. The van der Waals surface area contributed by atoms with Gasteiger partial charge >= 0.3 is 0 Å². The van der Waals surface area contributed by atoms with E-state index in [2.05, 4.69) is 27.3 Å². The number of rotatable bonds is 8. The van der Waals surface area contributed by atoms with Crippen LogP contribution in [0, 0.1) is 5.82 Å². The molecule has 0 aliphatic heterocycles. The summed E-state index contributed by atoms with van der Waals surface area (Å²) in [6.07, 6.45) is 5.17. The fourth-order valence-electron chi connectivity index (χ4n) is 3.25. The number of nitrogens with one attached hydrogen (secondary N) is 1. The Labute approximate surface area is 163 Å². The molecule has 5 heteroatoms. The van der Waals surface area contributed by atoms with Crippen molar-refractivity contribution in [2.45, 2.75) is 51.8 Å². The van der Waals surface area contributed by atoms with Gasteiger partial charge in [0, 0.05) is 12.6 Å². The Balaban J connectivity index is 1.69. The van der Waals surface area contributed by atoms with Crippen molar-refractivity contribution in [3.05, 3.63) is 57.8 Å². The van der Waals surface area contributed by atoms with E-state index < -0.39 is 0 Å². The summed E-state index contributed by atoms with van der Waals surface area (Å²) in [4.78, 5) is 0. The van der Waals surface area contributed by atoms with E-state index >= 15 is 0 Å². The van der Waals surface area contributed by atoms with Gasteiger partial charge in [0.1, 0.15) is 12.4 Å². The van der Waals surface area contributed by atoms with Crippen LogP contribution in [0.15, 0.2) is 40.9 Å². The van der Waals surface area contributed by atoms with Gasteiger partial charge in [-0.2, -0.15) is 0 Å². The molecule has 0 spiro atoms. The van der Waals surface area contributed by atoms with Gasteiger partial charge in [0.15, 0.2) is 11.5 Å². The van der Waals surface area contributed by atoms with Gasteiger partial charge in [-0.25, -0.2) is 4.39 Å². The van der Waals surface area contributed by atoms with E-state index in [1.165, 1.54) is 43.4 Å². The first-order valence-corrected chi connectivity index (χ1v) is 10.0. The lowest BCUT2D eigenvalue weighted by molar-refractivity contribution is 0.267. The third-order valence-corrected chi connectivity index (χ3v) is 5.20. The summed E-state index contributed by atoms with van der Waals surface area (Å²) in [6.45, 7) is 3.71. The number of hydrogen-bond acceptors (Lipinski definition) is 3. The number of ether oxygens (including phenoxy) is 2. The van der Waals surface area contributed by atoms with Gasteiger partial charge in [0.2, 0.25) is 0 Å². The smallest absolute Gasteiger partial charge is 0.175 e. The van der Waals surface area contributed by atoms with E-state index in [0.717, 1.165) is 22.3 Å². The lowest BCUT2D eigenvalue weighted by Crippen LogP contribution is -2.25. The van der Waals surface area contributed by atoms with Gasteiger partial charge in [-0.1, -0.05) is 25.0 Å². The normalized spacial score (nSPS) is 14.6. The zero-order chi connectivity index (χ0) is 18.4. The second-order valence-electron chi connectivity index (χ2n) is 6.62. The van der Waals surface area contributed by atoms with Crippen molar-refractivity contribution in [1.82, 2.24) is 5.32 Å². The molecule has 0 atom stereocenters. The van der Waals surface area contributed by atoms with E-state index in [-0.39, 0.29) is 5.82 Å². The van der Waals surface area contributed by atoms with Gasteiger partial charge in [-0.15, -0.1) is 0 Å². The van der Waals surface area contributed by atoms with Crippen molar-refractivity contribution in [3.8, 4) is 11.5 Å². The second kappa shape index (κ2) is 9.38.